The van der Waals surface area contributed by atoms with Gasteiger partial charge in [-0.1, -0.05) is 17.7 Å². The highest BCUT2D eigenvalue weighted by atomic mass is 35.5. The van der Waals surface area contributed by atoms with Crippen molar-refractivity contribution in [2.45, 2.75) is 50.1 Å². The first-order valence-corrected chi connectivity index (χ1v) is 15.4. The Morgan fingerprint density at radius 2 is 2.00 bits per heavy atom. The van der Waals surface area contributed by atoms with Gasteiger partial charge in [-0.25, -0.2) is 18.7 Å². The Balaban J connectivity index is 1.43. The van der Waals surface area contributed by atoms with Crippen LogP contribution in [-0.4, -0.2) is 69.4 Å². The fourth-order valence-electron chi connectivity index (χ4n) is 7.08. The van der Waals surface area contributed by atoms with Gasteiger partial charge in [0, 0.05) is 36.0 Å². The van der Waals surface area contributed by atoms with E-state index < -0.39 is 51.6 Å². The molecule has 0 unspecified atom stereocenters. The van der Waals surface area contributed by atoms with E-state index in [-0.39, 0.29) is 66.3 Å². The van der Waals surface area contributed by atoms with Crippen molar-refractivity contribution >= 4 is 39.8 Å². The van der Waals surface area contributed by atoms with E-state index in [9.17, 15) is 17.6 Å². The van der Waals surface area contributed by atoms with Crippen LogP contribution in [0.25, 0.3) is 22.2 Å². The number of ether oxygens (including phenoxy) is 2. The summed E-state index contributed by atoms with van der Waals surface area (Å²) in [6.45, 7) is 3.11. The van der Waals surface area contributed by atoms with Crippen molar-refractivity contribution < 1.29 is 31.4 Å². The quantitative estimate of drug-likeness (QED) is 0.186. The van der Waals surface area contributed by atoms with Gasteiger partial charge in [-0.05, 0) is 44.5 Å². The van der Waals surface area contributed by atoms with Gasteiger partial charge in [-0.2, -0.15) is 23.1 Å². The van der Waals surface area contributed by atoms with Crippen LogP contribution < -0.4 is 25.8 Å². The number of pyridine rings is 2. The van der Waals surface area contributed by atoms with E-state index in [1.54, 1.807) is 23.2 Å². The van der Waals surface area contributed by atoms with Crippen LogP contribution in [0.4, 0.5) is 39.3 Å². The number of halogens is 6. The molecule has 3 aliphatic heterocycles. The molecule has 3 aliphatic rings. The Hall–Kier alpha value is -4.24. The lowest BCUT2D eigenvalue weighted by Crippen LogP contribution is -2.43. The Bertz CT molecular complexity index is 1880. The predicted molar refractivity (Wildman–Crippen MR) is 166 cm³/mol. The molecule has 0 saturated carbocycles. The molecule has 248 valence electrons. The molecule has 4 N–H and O–H groups in total. The molecule has 6 heterocycles. The van der Waals surface area contributed by atoms with Crippen LogP contribution >= 0.6 is 11.6 Å². The number of nitrogen functional groups attached to an aromatic ring is 2. The SMILES string of the molecule is C[C@H](c1cccnc1N)N1CCOc2nc(-c3cc(N)cc(Cl)c3C(F)(F)F)c(F)c3nc(OC[C@@]45CCCN4C[C@H](F)C5)nc1c23. The van der Waals surface area contributed by atoms with Crippen LogP contribution in [0.3, 0.4) is 0 Å². The number of benzene rings is 1. The first kappa shape index (κ1) is 31.4. The van der Waals surface area contributed by atoms with Gasteiger partial charge in [-0.3, -0.25) is 4.90 Å². The highest BCUT2D eigenvalue weighted by Gasteiger charge is 2.49. The molecule has 0 aliphatic carbocycles. The molecule has 0 spiro atoms. The van der Waals surface area contributed by atoms with Crippen molar-refractivity contribution in [2.75, 3.05) is 49.2 Å². The second kappa shape index (κ2) is 11.5. The van der Waals surface area contributed by atoms with Crippen molar-refractivity contribution in [3.63, 3.8) is 0 Å². The molecule has 4 aromatic rings. The second-order valence-electron chi connectivity index (χ2n) is 12.1. The van der Waals surface area contributed by atoms with E-state index >= 15 is 4.39 Å². The molecule has 47 heavy (non-hydrogen) atoms. The van der Waals surface area contributed by atoms with Gasteiger partial charge in [0.15, 0.2) is 5.82 Å². The van der Waals surface area contributed by atoms with Crippen molar-refractivity contribution in [1.82, 2.24) is 24.8 Å². The Morgan fingerprint density at radius 3 is 2.77 bits per heavy atom. The zero-order valence-electron chi connectivity index (χ0n) is 25.1. The van der Waals surface area contributed by atoms with Crippen LogP contribution in [0, 0.1) is 5.82 Å². The fraction of sp³-hybridized carbons (Fsp3) is 0.419. The van der Waals surface area contributed by atoms with Crippen LogP contribution in [0.15, 0.2) is 30.5 Å². The van der Waals surface area contributed by atoms with Gasteiger partial charge < -0.3 is 25.8 Å². The first-order valence-electron chi connectivity index (χ1n) is 15.1. The molecular formula is C31H30ClF5N8O2. The summed E-state index contributed by atoms with van der Waals surface area (Å²) >= 11 is 6.00. The van der Waals surface area contributed by atoms with Gasteiger partial charge in [0.05, 0.1) is 28.7 Å². The van der Waals surface area contributed by atoms with Crippen LogP contribution in [0.1, 0.15) is 43.4 Å². The highest BCUT2D eigenvalue weighted by molar-refractivity contribution is 6.32. The van der Waals surface area contributed by atoms with E-state index in [2.05, 4.69) is 19.9 Å². The minimum atomic E-state index is -4.97. The maximum Gasteiger partial charge on any atom is 0.418 e. The summed E-state index contributed by atoms with van der Waals surface area (Å²) in [5, 5.41) is -0.690. The third-order valence-corrected chi connectivity index (χ3v) is 9.52. The average Bonchev–Trinajstić information content (AvgIpc) is 3.46. The summed E-state index contributed by atoms with van der Waals surface area (Å²) in [7, 11) is 0. The average molecular weight is 677 g/mol. The van der Waals surface area contributed by atoms with Crippen molar-refractivity contribution in [3.05, 3.63) is 52.4 Å². The lowest BCUT2D eigenvalue weighted by molar-refractivity contribution is -0.137. The second-order valence-corrected chi connectivity index (χ2v) is 12.5. The zero-order valence-corrected chi connectivity index (χ0v) is 25.9. The number of anilines is 3. The summed E-state index contributed by atoms with van der Waals surface area (Å²) in [4.78, 5) is 21.3. The Morgan fingerprint density at radius 1 is 1.19 bits per heavy atom. The maximum absolute atomic E-state index is 16.7. The molecule has 0 radical (unpaired) electrons. The third kappa shape index (κ3) is 5.38. The van der Waals surface area contributed by atoms with Gasteiger partial charge >= 0.3 is 12.2 Å². The number of fused-ring (bicyclic) bond motifs is 1. The number of rotatable bonds is 6. The highest BCUT2D eigenvalue weighted by Crippen LogP contribution is 2.47. The summed E-state index contributed by atoms with van der Waals surface area (Å²) in [6.07, 6.45) is -2.59. The number of nitrogens with two attached hydrogens (primary N) is 2. The van der Waals surface area contributed by atoms with E-state index in [0.717, 1.165) is 25.1 Å². The van der Waals surface area contributed by atoms with Gasteiger partial charge in [0.2, 0.25) is 5.88 Å². The normalized spacial score (nSPS) is 21.9. The molecule has 0 bridgehead atoms. The fourth-order valence-corrected chi connectivity index (χ4v) is 7.42. The molecule has 3 aromatic heterocycles. The smallest absolute Gasteiger partial charge is 0.418 e. The molecule has 2 fully saturated rings. The molecule has 16 heteroatoms. The minimum absolute atomic E-state index is 0.00397. The predicted octanol–water partition coefficient (Wildman–Crippen LogP) is 5.98. The van der Waals surface area contributed by atoms with E-state index in [0.29, 0.717) is 18.5 Å². The molecule has 10 nitrogen and oxygen atoms in total. The van der Waals surface area contributed by atoms with Crippen LogP contribution in [0.2, 0.25) is 5.02 Å². The summed E-state index contributed by atoms with van der Waals surface area (Å²) in [5.41, 5.74) is 8.94. The van der Waals surface area contributed by atoms with E-state index in [4.69, 9.17) is 32.5 Å². The largest absolute Gasteiger partial charge is 0.475 e. The molecule has 1 aromatic carbocycles. The molecule has 7 rings (SSSR count). The molecule has 2 saturated heterocycles. The zero-order chi connectivity index (χ0) is 33.2. The molecule has 0 amide bonds. The van der Waals surface area contributed by atoms with Crippen molar-refractivity contribution in [1.29, 1.82) is 0 Å². The van der Waals surface area contributed by atoms with Crippen LogP contribution in [-0.2, 0) is 6.18 Å². The van der Waals surface area contributed by atoms with Crippen molar-refractivity contribution in [2.24, 2.45) is 0 Å². The number of hydrogen-bond donors (Lipinski definition) is 2. The first-order chi connectivity index (χ1) is 22.4. The van der Waals surface area contributed by atoms with Gasteiger partial charge in [0.25, 0.3) is 0 Å². The van der Waals surface area contributed by atoms with E-state index in [1.807, 2.05) is 11.8 Å². The number of hydrogen-bond acceptors (Lipinski definition) is 10. The number of alkyl halides is 4. The third-order valence-electron chi connectivity index (χ3n) is 9.23. The van der Waals surface area contributed by atoms with Crippen molar-refractivity contribution in [3.8, 4) is 23.1 Å². The number of aromatic nitrogens is 4. The maximum atomic E-state index is 16.7. The Kier molecular flexibility index (Phi) is 7.66. The molecular weight excluding hydrogens is 647 g/mol. The van der Waals surface area contributed by atoms with Gasteiger partial charge in [-0.15, -0.1) is 0 Å². The number of nitrogens with zero attached hydrogens (tertiary/aromatic N) is 6. The summed E-state index contributed by atoms with van der Waals surface area (Å²) in [6, 6.07) is 4.70. The minimum Gasteiger partial charge on any atom is -0.475 e. The van der Waals surface area contributed by atoms with E-state index in [1.165, 1.54) is 0 Å². The lowest BCUT2D eigenvalue weighted by Gasteiger charge is -2.32. The summed E-state index contributed by atoms with van der Waals surface area (Å²) < 4.78 is 86.1. The topological polar surface area (TPSA) is 129 Å². The molecule has 3 atom stereocenters. The van der Waals surface area contributed by atoms with Gasteiger partial charge in [0.1, 0.15) is 47.6 Å². The monoisotopic (exact) mass is 676 g/mol. The summed E-state index contributed by atoms with van der Waals surface area (Å²) in [5.74, 6) is -0.931. The lowest BCUT2D eigenvalue weighted by atomic mass is 9.95. The Labute approximate surface area is 270 Å². The van der Waals surface area contributed by atoms with Crippen LogP contribution in [0.5, 0.6) is 11.9 Å². The standard InChI is InChI=1S/C31H30ClF5N8O2/c1-15(18-4-2-6-40-26(18)39)45-8-9-46-28-21-25(23(34)24(41-28)19-10-17(38)11-20(32)22(19)31(35,36)37)42-29(43-27(21)45)47-14-30-5-3-7-44(30)13-16(33)12-30/h2,4,6,10-11,15-16H,3,5,7-9,12-14,38H2,1H3,(H2,39,40)/t15-,16-,30+/m1/s1.